The molecule has 1 aliphatic heterocycles. The summed E-state index contributed by atoms with van der Waals surface area (Å²) in [6.07, 6.45) is 1.89. The molecule has 0 bridgehead atoms. The van der Waals surface area contributed by atoms with Gasteiger partial charge in [-0.05, 0) is 56.1 Å². The molecule has 27 heavy (non-hydrogen) atoms. The summed E-state index contributed by atoms with van der Waals surface area (Å²) in [5.74, 6) is 0.0160. The maximum atomic E-state index is 12.5. The first-order chi connectivity index (χ1) is 12.8. The molecule has 7 nitrogen and oxygen atoms in total. The van der Waals surface area contributed by atoms with Crippen LogP contribution in [0.2, 0.25) is 0 Å². The fourth-order valence-corrected chi connectivity index (χ4v) is 4.36. The number of carbonyl (C=O) groups is 1. The lowest BCUT2D eigenvalue weighted by atomic mass is 9.79. The average Bonchev–Trinajstić information content (AvgIpc) is 2.66. The molecule has 0 aromatic heterocycles. The van der Waals surface area contributed by atoms with Crippen molar-refractivity contribution in [2.45, 2.75) is 31.6 Å². The average molecular weight is 398 g/mol. The Labute approximate surface area is 162 Å². The van der Waals surface area contributed by atoms with Gasteiger partial charge in [-0.1, -0.05) is 13.8 Å². The van der Waals surface area contributed by atoms with E-state index in [0.29, 0.717) is 25.3 Å². The second-order valence-corrected chi connectivity index (χ2v) is 9.40. The molecule has 1 aliphatic rings. The van der Waals surface area contributed by atoms with Crippen LogP contribution in [0.4, 0.5) is 0 Å². The van der Waals surface area contributed by atoms with E-state index in [2.05, 4.69) is 15.4 Å². The third-order valence-electron chi connectivity index (χ3n) is 4.85. The van der Waals surface area contributed by atoms with Gasteiger partial charge in [0.25, 0.3) is 5.91 Å². The van der Waals surface area contributed by atoms with E-state index in [-0.39, 0.29) is 22.1 Å². The Morgan fingerprint density at radius 2 is 1.85 bits per heavy atom. The van der Waals surface area contributed by atoms with Crippen molar-refractivity contribution in [1.29, 1.82) is 0 Å². The summed E-state index contributed by atoms with van der Waals surface area (Å²) in [6.45, 7) is 7.22. The summed E-state index contributed by atoms with van der Waals surface area (Å²) < 4.78 is 32.4. The van der Waals surface area contributed by atoms with Crippen LogP contribution in [0.1, 0.15) is 37.0 Å². The minimum absolute atomic E-state index is 0.0558. The number of hydrogen-bond donors (Lipinski definition) is 3. The number of hydrogen-bond acceptors (Lipinski definition) is 5. The van der Waals surface area contributed by atoms with Crippen LogP contribution in [0.25, 0.3) is 0 Å². The fourth-order valence-electron chi connectivity index (χ4n) is 3.15. The van der Waals surface area contributed by atoms with E-state index in [1.807, 2.05) is 13.8 Å². The van der Waals surface area contributed by atoms with Crippen molar-refractivity contribution in [3.8, 4) is 0 Å². The highest BCUT2D eigenvalue weighted by Gasteiger charge is 2.32. The number of nitrogens with one attached hydrogen (secondary N) is 3. The highest BCUT2D eigenvalue weighted by atomic mass is 32.2. The van der Waals surface area contributed by atoms with Crippen LogP contribution < -0.4 is 15.4 Å². The third kappa shape index (κ3) is 6.27. The van der Waals surface area contributed by atoms with E-state index >= 15 is 0 Å². The van der Waals surface area contributed by atoms with Crippen LogP contribution in [0.15, 0.2) is 29.2 Å². The summed E-state index contributed by atoms with van der Waals surface area (Å²) in [7, 11) is -1.87. The number of ether oxygens (including phenoxy) is 1. The minimum atomic E-state index is -3.55. The van der Waals surface area contributed by atoms with Crippen molar-refractivity contribution in [2.24, 2.45) is 11.3 Å². The molecule has 0 aliphatic carbocycles. The zero-order valence-electron chi connectivity index (χ0n) is 16.4. The van der Waals surface area contributed by atoms with Gasteiger partial charge in [0, 0.05) is 31.2 Å². The van der Waals surface area contributed by atoms with Crippen molar-refractivity contribution >= 4 is 15.9 Å². The zero-order valence-corrected chi connectivity index (χ0v) is 17.2. The van der Waals surface area contributed by atoms with Gasteiger partial charge < -0.3 is 15.4 Å². The van der Waals surface area contributed by atoms with Crippen molar-refractivity contribution in [2.75, 3.05) is 39.9 Å². The lowest BCUT2D eigenvalue weighted by molar-refractivity contribution is 0.0511. The van der Waals surface area contributed by atoms with Crippen molar-refractivity contribution in [3.05, 3.63) is 29.8 Å². The molecule has 1 heterocycles. The van der Waals surface area contributed by atoms with Gasteiger partial charge in [0.1, 0.15) is 0 Å². The van der Waals surface area contributed by atoms with Gasteiger partial charge in [0.05, 0.1) is 11.5 Å². The Balaban J connectivity index is 1.98. The van der Waals surface area contributed by atoms with Gasteiger partial charge in [-0.2, -0.15) is 0 Å². The summed E-state index contributed by atoms with van der Waals surface area (Å²) in [5, 5.41) is 6.30. The maximum Gasteiger partial charge on any atom is 0.251 e. The molecular formula is C19H31N3O4S. The van der Waals surface area contributed by atoms with E-state index in [1.165, 1.54) is 12.1 Å². The lowest BCUT2D eigenvalue weighted by Crippen LogP contribution is -2.47. The molecule has 0 saturated carbocycles. The monoisotopic (exact) mass is 397 g/mol. The Morgan fingerprint density at radius 1 is 1.22 bits per heavy atom. The van der Waals surface area contributed by atoms with E-state index in [9.17, 15) is 13.2 Å². The van der Waals surface area contributed by atoms with Crippen molar-refractivity contribution < 1.29 is 17.9 Å². The van der Waals surface area contributed by atoms with Crippen molar-refractivity contribution in [3.63, 3.8) is 0 Å². The first-order valence-electron chi connectivity index (χ1n) is 9.36. The summed E-state index contributed by atoms with van der Waals surface area (Å²) >= 11 is 0. The fraction of sp³-hybridized carbons (Fsp3) is 0.632. The second kappa shape index (κ2) is 9.64. The molecule has 1 aromatic carbocycles. The first-order valence-corrected chi connectivity index (χ1v) is 10.8. The number of sulfonamides is 1. The number of carbonyl (C=O) groups excluding carboxylic acids is 1. The zero-order chi connectivity index (χ0) is 19.9. The maximum absolute atomic E-state index is 12.5. The van der Waals surface area contributed by atoms with Crippen LogP contribution >= 0.6 is 0 Å². The third-order valence-corrected chi connectivity index (χ3v) is 6.29. The predicted octanol–water partition coefficient (Wildman–Crippen LogP) is 1.37. The SMILES string of the molecule is COCC1(CNC(=O)c2ccc(S(=O)(=O)NCC(C)C)cc2)CCNCC1. The molecule has 0 unspecified atom stereocenters. The van der Waals surface area contributed by atoms with Gasteiger partial charge in [0.2, 0.25) is 10.0 Å². The van der Waals surface area contributed by atoms with E-state index in [1.54, 1.807) is 19.2 Å². The molecule has 1 fully saturated rings. The van der Waals surface area contributed by atoms with Gasteiger partial charge >= 0.3 is 0 Å². The summed E-state index contributed by atoms with van der Waals surface area (Å²) in [6, 6.07) is 6.02. The molecule has 152 valence electrons. The van der Waals surface area contributed by atoms with Crippen LogP contribution in [-0.4, -0.2) is 54.2 Å². The first kappa shape index (κ1) is 21.8. The van der Waals surface area contributed by atoms with Crippen LogP contribution in [-0.2, 0) is 14.8 Å². The Bertz CT molecular complexity index is 705. The number of methoxy groups -OCH3 is 1. The highest BCUT2D eigenvalue weighted by molar-refractivity contribution is 7.89. The molecule has 8 heteroatoms. The molecular weight excluding hydrogens is 366 g/mol. The number of piperidine rings is 1. The molecule has 0 spiro atoms. The Kier molecular flexibility index (Phi) is 7.79. The summed E-state index contributed by atoms with van der Waals surface area (Å²) in [5.41, 5.74) is 0.388. The minimum Gasteiger partial charge on any atom is -0.384 e. The molecule has 1 amide bonds. The van der Waals surface area contributed by atoms with Gasteiger partial charge in [-0.15, -0.1) is 0 Å². The van der Waals surface area contributed by atoms with Crippen molar-refractivity contribution in [1.82, 2.24) is 15.4 Å². The van der Waals surface area contributed by atoms with E-state index in [0.717, 1.165) is 25.9 Å². The number of benzene rings is 1. The van der Waals surface area contributed by atoms with Gasteiger partial charge in [-0.3, -0.25) is 4.79 Å². The van der Waals surface area contributed by atoms with Crippen LogP contribution in [0, 0.1) is 11.3 Å². The number of rotatable bonds is 9. The smallest absolute Gasteiger partial charge is 0.251 e. The highest BCUT2D eigenvalue weighted by Crippen LogP contribution is 2.28. The Morgan fingerprint density at radius 3 is 2.41 bits per heavy atom. The topological polar surface area (TPSA) is 96.5 Å². The Hall–Kier alpha value is -1.48. The van der Waals surface area contributed by atoms with Crippen LogP contribution in [0.3, 0.4) is 0 Å². The largest absolute Gasteiger partial charge is 0.384 e. The molecule has 1 aromatic rings. The molecule has 0 atom stereocenters. The molecule has 2 rings (SSSR count). The van der Waals surface area contributed by atoms with E-state index in [4.69, 9.17) is 4.74 Å². The normalized spacial score (nSPS) is 17.0. The predicted molar refractivity (Wildman–Crippen MR) is 105 cm³/mol. The van der Waals surface area contributed by atoms with E-state index < -0.39 is 10.0 Å². The molecule has 0 radical (unpaired) electrons. The quantitative estimate of drug-likeness (QED) is 0.585. The van der Waals surface area contributed by atoms with Gasteiger partial charge in [-0.25, -0.2) is 13.1 Å². The van der Waals surface area contributed by atoms with Crippen LogP contribution in [0.5, 0.6) is 0 Å². The lowest BCUT2D eigenvalue weighted by Gasteiger charge is -2.37. The van der Waals surface area contributed by atoms with Gasteiger partial charge in [0.15, 0.2) is 0 Å². The molecule has 1 saturated heterocycles. The number of amides is 1. The molecule has 3 N–H and O–H groups in total. The second-order valence-electron chi connectivity index (χ2n) is 7.64. The summed E-state index contributed by atoms with van der Waals surface area (Å²) in [4.78, 5) is 12.6. The standard InChI is InChI=1S/C19H31N3O4S/c1-15(2)12-22-27(24,25)17-6-4-16(5-7-17)18(23)21-13-19(14-26-3)8-10-20-11-9-19/h4-7,15,20,22H,8-14H2,1-3H3,(H,21,23).